The lowest BCUT2D eigenvalue weighted by molar-refractivity contribution is -0.135. The minimum absolute atomic E-state index is 0.173. The molecule has 3 rings (SSSR count). The van der Waals surface area contributed by atoms with Crippen LogP contribution >= 0.6 is 0 Å². The Labute approximate surface area is 106 Å². The summed E-state index contributed by atoms with van der Waals surface area (Å²) in [6.45, 7) is 3.04. The van der Waals surface area contributed by atoms with Crippen LogP contribution in [-0.4, -0.2) is 30.4 Å². The monoisotopic (exact) mass is 248 g/mol. The van der Waals surface area contributed by atoms with Crippen LogP contribution in [0.5, 0.6) is 0 Å². The van der Waals surface area contributed by atoms with Gasteiger partial charge in [-0.2, -0.15) is 0 Å². The van der Waals surface area contributed by atoms with Gasteiger partial charge in [0, 0.05) is 19.6 Å². The quantitative estimate of drug-likeness (QED) is 0.861. The van der Waals surface area contributed by atoms with Gasteiger partial charge in [0.15, 0.2) is 0 Å². The van der Waals surface area contributed by atoms with Gasteiger partial charge in [-0.15, -0.1) is 0 Å². The highest BCUT2D eigenvalue weighted by atomic mass is 19.1. The van der Waals surface area contributed by atoms with Gasteiger partial charge >= 0.3 is 0 Å². The van der Waals surface area contributed by atoms with Gasteiger partial charge < -0.3 is 10.2 Å². The molecule has 2 fully saturated rings. The predicted octanol–water partition coefficient (Wildman–Crippen LogP) is 1.54. The molecule has 2 aliphatic heterocycles. The van der Waals surface area contributed by atoms with Gasteiger partial charge in [0.2, 0.25) is 5.91 Å². The lowest BCUT2D eigenvalue weighted by Gasteiger charge is -2.22. The maximum absolute atomic E-state index is 13.1. The van der Waals surface area contributed by atoms with Gasteiger partial charge in [0.05, 0.1) is 5.41 Å². The SMILES string of the molecule is O=C1N(Cc2cccc(F)c2)CC[C@]12CCNC2. The first kappa shape index (κ1) is 11.7. The summed E-state index contributed by atoms with van der Waals surface area (Å²) < 4.78 is 13.1. The molecule has 1 N–H and O–H groups in total. The highest BCUT2D eigenvalue weighted by Crippen LogP contribution is 2.37. The summed E-state index contributed by atoms with van der Waals surface area (Å²) in [7, 11) is 0. The van der Waals surface area contributed by atoms with Crippen molar-refractivity contribution in [1.29, 1.82) is 0 Å². The largest absolute Gasteiger partial charge is 0.338 e. The van der Waals surface area contributed by atoms with Crippen LogP contribution in [-0.2, 0) is 11.3 Å². The van der Waals surface area contributed by atoms with E-state index in [-0.39, 0.29) is 17.1 Å². The Morgan fingerprint density at radius 2 is 2.28 bits per heavy atom. The molecule has 0 radical (unpaired) electrons. The molecule has 0 unspecified atom stereocenters. The Kier molecular flexibility index (Phi) is 2.82. The first-order valence-corrected chi connectivity index (χ1v) is 6.44. The molecule has 96 valence electrons. The van der Waals surface area contributed by atoms with E-state index in [1.54, 1.807) is 6.07 Å². The summed E-state index contributed by atoms with van der Waals surface area (Å²) in [5, 5.41) is 3.27. The van der Waals surface area contributed by atoms with Gasteiger partial charge in [0.1, 0.15) is 5.82 Å². The second-order valence-electron chi connectivity index (χ2n) is 5.31. The van der Waals surface area contributed by atoms with E-state index in [0.717, 1.165) is 38.0 Å². The lowest BCUT2D eigenvalue weighted by atomic mass is 9.86. The molecule has 1 aromatic carbocycles. The van der Waals surface area contributed by atoms with Crippen molar-refractivity contribution in [2.45, 2.75) is 19.4 Å². The van der Waals surface area contributed by atoms with E-state index in [4.69, 9.17) is 0 Å². The van der Waals surface area contributed by atoms with Crippen LogP contribution in [0.2, 0.25) is 0 Å². The highest BCUT2D eigenvalue weighted by molar-refractivity contribution is 5.85. The molecular formula is C14H17FN2O. The van der Waals surface area contributed by atoms with E-state index < -0.39 is 0 Å². The number of hydrogen-bond donors (Lipinski definition) is 1. The molecule has 2 heterocycles. The van der Waals surface area contributed by atoms with E-state index in [0.29, 0.717) is 6.54 Å². The summed E-state index contributed by atoms with van der Waals surface area (Å²) in [6.07, 6.45) is 1.86. The van der Waals surface area contributed by atoms with E-state index in [1.807, 2.05) is 11.0 Å². The van der Waals surface area contributed by atoms with Crippen LogP contribution in [0.3, 0.4) is 0 Å². The zero-order valence-corrected chi connectivity index (χ0v) is 10.3. The first-order valence-electron chi connectivity index (χ1n) is 6.44. The van der Waals surface area contributed by atoms with Crippen molar-refractivity contribution in [3.63, 3.8) is 0 Å². The third kappa shape index (κ3) is 1.90. The highest BCUT2D eigenvalue weighted by Gasteiger charge is 2.47. The molecule has 0 saturated carbocycles. The zero-order chi connectivity index (χ0) is 12.6. The van der Waals surface area contributed by atoms with Crippen molar-refractivity contribution < 1.29 is 9.18 Å². The Hall–Kier alpha value is -1.42. The Bertz CT molecular complexity index is 469. The fraction of sp³-hybridized carbons (Fsp3) is 0.500. The van der Waals surface area contributed by atoms with Gasteiger partial charge in [0.25, 0.3) is 0 Å². The van der Waals surface area contributed by atoms with Crippen LogP contribution in [0.15, 0.2) is 24.3 Å². The van der Waals surface area contributed by atoms with Crippen LogP contribution < -0.4 is 5.32 Å². The Morgan fingerprint density at radius 3 is 3.00 bits per heavy atom. The van der Waals surface area contributed by atoms with Crippen LogP contribution in [0.25, 0.3) is 0 Å². The lowest BCUT2D eigenvalue weighted by Crippen LogP contribution is -2.35. The average Bonchev–Trinajstić information content (AvgIpc) is 2.93. The maximum Gasteiger partial charge on any atom is 0.230 e. The molecule has 3 nitrogen and oxygen atoms in total. The summed E-state index contributed by atoms with van der Waals surface area (Å²) in [5.74, 6) is -0.00634. The number of likely N-dealkylation sites (tertiary alicyclic amines) is 1. The Morgan fingerprint density at radius 1 is 1.39 bits per heavy atom. The molecule has 2 saturated heterocycles. The predicted molar refractivity (Wildman–Crippen MR) is 66.4 cm³/mol. The van der Waals surface area contributed by atoms with Crippen LogP contribution in [0, 0.1) is 11.2 Å². The zero-order valence-electron chi connectivity index (χ0n) is 10.3. The summed E-state index contributed by atoms with van der Waals surface area (Å²) in [4.78, 5) is 14.3. The fourth-order valence-corrected chi connectivity index (χ4v) is 3.04. The molecule has 1 atom stereocenters. The minimum Gasteiger partial charge on any atom is -0.338 e. The second kappa shape index (κ2) is 4.35. The molecule has 1 spiro atoms. The molecule has 0 aromatic heterocycles. The van der Waals surface area contributed by atoms with Gasteiger partial charge in [-0.1, -0.05) is 12.1 Å². The van der Waals surface area contributed by atoms with Crippen LogP contribution in [0.1, 0.15) is 18.4 Å². The smallest absolute Gasteiger partial charge is 0.230 e. The van der Waals surface area contributed by atoms with Crippen molar-refractivity contribution in [3.05, 3.63) is 35.6 Å². The maximum atomic E-state index is 13.1. The molecule has 0 aliphatic carbocycles. The van der Waals surface area contributed by atoms with E-state index in [1.165, 1.54) is 12.1 Å². The topological polar surface area (TPSA) is 32.3 Å². The summed E-state index contributed by atoms with van der Waals surface area (Å²) >= 11 is 0. The summed E-state index contributed by atoms with van der Waals surface area (Å²) in [5.41, 5.74) is 0.694. The molecule has 1 aromatic rings. The summed E-state index contributed by atoms with van der Waals surface area (Å²) in [6, 6.07) is 6.50. The molecule has 18 heavy (non-hydrogen) atoms. The number of carbonyl (C=O) groups excluding carboxylic acids is 1. The average molecular weight is 248 g/mol. The Balaban J connectivity index is 1.73. The third-order valence-electron chi connectivity index (χ3n) is 4.11. The first-order chi connectivity index (χ1) is 8.70. The number of amides is 1. The van der Waals surface area contributed by atoms with Gasteiger partial charge in [-0.05, 0) is 37.1 Å². The third-order valence-corrected chi connectivity index (χ3v) is 4.11. The van der Waals surface area contributed by atoms with E-state index in [9.17, 15) is 9.18 Å². The number of halogens is 1. The van der Waals surface area contributed by atoms with Gasteiger partial charge in [-0.25, -0.2) is 4.39 Å². The fourth-order valence-electron chi connectivity index (χ4n) is 3.04. The van der Waals surface area contributed by atoms with Crippen molar-refractivity contribution in [1.82, 2.24) is 10.2 Å². The number of benzene rings is 1. The van der Waals surface area contributed by atoms with Crippen molar-refractivity contribution in [2.24, 2.45) is 5.41 Å². The molecule has 1 amide bonds. The number of carbonyl (C=O) groups is 1. The number of hydrogen-bond acceptors (Lipinski definition) is 2. The number of nitrogens with one attached hydrogen (secondary N) is 1. The molecule has 0 bridgehead atoms. The molecular weight excluding hydrogens is 231 g/mol. The van der Waals surface area contributed by atoms with Gasteiger partial charge in [-0.3, -0.25) is 4.79 Å². The minimum atomic E-state index is -0.239. The number of nitrogens with zero attached hydrogens (tertiary/aromatic N) is 1. The van der Waals surface area contributed by atoms with E-state index in [2.05, 4.69) is 5.32 Å². The molecule has 4 heteroatoms. The van der Waals surface area contributed by atoms with Crippen molar-refractivity contribution in [3.8, 4) is 0 Å². The normalized spacial score (nSPS) is 27.4. The molecule has 2 aliphatic rings. The van der Waals surface area contributed by atoms with E-state index >= 15 is 0 Å². The second-order valence-corrected chi connectivity index (χ2v) is 5.31. The van der Waals surface area contributed by atoms with Crippen molar-refractivity contribution in [2.75, 3.05) is 19.6 Å². The number of rotatable bonds is 2. The van der Waals surface area contributed by atoms with Crippen molar-refractivity contribution >= 4 is 5.91 Å². The standard InChI is InChI=1S/C14H17FN2O/c15-12-3-1-2-11(8-12)9-17-7-5-14(13(17)18)4-6-16-10-14/h1-3,8,16H,4-7,9-10H2/t14-/m0/s1. The van der Waals surface area contributed by atoms with Crippen LogP contribution in [0.4, 0.5) is 4.39 Å².